The van der Waals surface area contributed by atoms with Crippen molar-refractivity contribution in [3.8, 4) is 0 Å². The van der Waals surface area contributed by atoms with Crippen molar-refractivity contribution in [1.82, 2.24) is 0 Å². The van der Waals surface area contributed by atoms with Gasteiger partial charge >= 0.3 is 5.97 Å². The zero-order valence-electron chi connectivity index (χ0n) is 8.93. The smallest absolute Gasteiger partial charge is 0.330 e. The molecule has 0 aromatic rings. The third-order valence-corrected chi connectivity index (χ3v) is 1.83. The lowest BCUT2D eigenvalue weighted by atomic mass is 10.1. The first-order valence-corrected chi connectivity index (χ1v) is 5.04. The summed E-state index contributed by atoms with van der Waals surface area (Å²) in [5, 5.41) is 0. The van der Waals surface area contributed by atoms with Crippen LogP contribution < -0.4 is 0 Å². The van der Waals surface area contributed by atoms with Gasteiger partial charge in [0.25, 0.3) is 0 Å². The molecule has 0 aromatic carbocycles. The molecule has 0 saturated heterocycles. The van der Waals surface area contributed by atoms with Crippen LogP contribution in [0.15, 0.2) is 11.6 Å². The molecule has 0 aromatic heterocycles. The predicted molar refractivity (Wildman–Crippen MR) is 54.5 cm³/mol. The van der Waals surface area contributed by atoms with Crippen molar-refractivity contribution in [2.75, 3.05) is 6.61 Å². The molecule has 0 fully saturated rings. The van der Waals surface area contributed by atoms with Crippen molar-refractivity contribution in [2.24, 2.45) is 0 Å². The summed E-state index contributed by atoms with van der Waals surface area (Å²) in [6.45, 7) is 6.42. The van der Waals surface area contributed by atoms with Gasteiger partial charge in [0.2, 0.25) is 0 Å². The van der Waals surface area contributed by atoms with Crippen LogP contribution in [0.3, 0.4) is 0 Å². The summed E-state index contributed by atoms with van der Waals surface area (Å²) in [7, 11) is 0. The number of hydrogen-bond donors (Lipinski definition) is 0. The van der Waals surface area contributed by atoms with Crippen molar-refractivity contribution in [2.45, 2.75) is 46.5 Å². The number of hydrogen-bond acceptors (Lipinski definition) is 2. The van der Waals surface area contributed by atoms with Crippen molar-refractivity contribution in [3.63, 3.8) is 0 Å². The lowest BCUT2D eigenvalue weighted by molar-refractivity contribution is -0.137. The van der Waals surface area contributed by atoms with Gasteiger partial charge in [0, 0.05) is 6.08 Å². The molecular weight excluding hydrogens is 164 g/mol. The molecule has 13 heavy (non-hydrogen) atoms. The summed E-state index contributed by atoms with van der Waals surface area (Å²) >= 11 is 0. The predicted octanol–water partition coefficient (Wildman–Crippen LogP) is 3.08. The summed E-state index contributed by atoms with van der Waals surface area (Å²) in [6, 6.07) is 0. The fraction of sp³-hybridized carbons (Fsp3) is 0.727. The standard InChI is InChI=1S/C11H20O2/c1-4-6-7-8-10(3)9-11(12)13-5-2/h9H,4-8H2,1-3H3. The minimum atomic E-state index is -0.212. The highest BCUT2D eigenvalue weighted by Crippen LogP contribution is 2.07. The molecule has 0 heterocycles. The van der Waals surface area contributed by atoms with Crippen molar-refractivity contribution >= 4 is 5.97 Å². The average molecular weight is 184 g/mol. The summed E-state index contributed by atoms with van der Waals surface area (Å²) in [5.74, 6) is -0.212. The Morgan fingerprint density at radius 3 is 2.54 bits per heavy atom. The molecule has 76 valence electrons. The van der Waals surface area contributed by atoms with Crippen LogP contribution in [-0.2, 0) is 9.53 Å². The number of ether oxygens (including phenoxy) is 1. The van der Waals surface area contributed by atoms with Gasteiger partial charge in [-0.2, -0.15) is 0 Å². The molecule has 0 unspecified atom stereocenters. The van der Waals surface area contributed by atoms with Crippen LogP contribution in [0.2, 0.25) is 0 Å². The first-order valence-electron chi connectivity index (χ1n) is 5.04. The van der Waals surface area contributed by atoms with E-state index in [0.717, 1.165) is 18.4 Å². The van der Waals surface area contributed by atoms with Gasteiger partial charge in [-0.1, -0.05) is 25.3 Å². The lowest BCUT2D eigenvalue weighted by Crippen LogP contribution is -2.00. The molecule has 0 aliphatic rings. The number of allylic oxidation sites excluding steroid dienone is 1. The van der Waals surface area contributed by atoms with E-state index in [2.05, 4.69) is 6.92 Å². The Morgan fingerprint density at radius 1 is 1.31 bits per heavy atom. The molecule has 0 N–H and O–H groups in total. The van der Waals surface area contributed by atoms with E-state index in [0.29, 0.717) is 6.61 Å². The third kappa shape index (κ3) is 7.57. The molecule has 2 heteroatoms. The number of unbranched alkanes of at least 4 members (excludes halogenated alkanes) is 2. The van der Waals surface area contributed by atoms with Gasteiger partial charge < -0.3 is 4.74 Å². The second-order valence-electron chi connectivity index (χ2n) is 3.20. The summed E-state index contributed by atoms with van der Waals surface area (Å²) in [4.78, 5) is 11.0. The van der Waals surface area contributed by atoms with E-state index < -0.39 is 0 Å². The van der Waals surface area contributed by atoms with Gasteiger partial charge in [-0.15, -0.1) is 0 Å². The average Bonchev–Trinajstić information content (AvgIpc) is 2.05. The maximum absolute atomic E-state index is 11.0. The largest absolute Gasteiger partial charge is 0.463 e. The molecule has 0 bridgehead atoms. The Morgan fingerprint density at radius 2 is 2.00 bits per heavy atom. The Bertz CT molecular complexity index is 171. The SMILES string of the molecule is CCCCCC(C)=CC(=O)OCC. The molecule has 2 nitrogen and oxygen atoms in total. The number of carbonyl (C=O) groups excluding carboxylic acids is 1. The summed E-state index contributed by atoms with van der Waals surface area (Å²) in [5.41, 5.74) is 1.12. The van der Waals surface area contributed by atoms with Gasteiger partial charge in [-0.3, -0.25) is 0 Å². The van der Waals surface area contributed by atoms with Crippen LogP contribution in [-0.4, -0.2) is 12.6 Å². The maximum Gasteiger partial charge on any atom is 0.330 e. The first kappa shape index (κ1) is 12.2. The molecule has 0 saturated carbocycles. The maximum atomic E-state index is 11.0. The highest BCUT2D eigenvalue weighted by molar-refractivity contribution is 5.82. The van der Waals surface area contributed by atoms with E-state index in [1.807, 2.05) is 13.8 Å². The fourth-order valence-electron chi connectivity index (χ4n) is 1.11. The van der Waals surface area contributed by atoms with Crippen LogP contribution >= 0.6 is 0 Å². The van der Waals surface area contributed by atoms with Gasteiger partial charge in [0.1, 0.15) is 0 Å². The van der Waals surface area contributed by atoms with Crippen LogP contribution in [0.25, 0.3) is 0 Å². The Hall–Kier alpha value is -0.790. The van der Waals surface area contributed by atoms with Gasteiger partial charge in [0.05, 0.1) is 6.61 Å². The van der Waals surface area contributed by atoms with Crippen molar-refractivity contribution < 1.29 is 9.53 Å². The van der Waals surface area contributed by atoms with Crippen molar-refractivity contribution in [1.29, 1.82) is 0 Å². The van der Waals surface area contributed by atoms with Crippen LogP contribution in [0, 0.1) is 0 Å². The summed E-state index contributed by atoms with van der Waals surface area (Å²) < 4.78 is 4.80. The van der Waals surface area contributed by atoms with Gasteiger partial charge in [0.15, 0.2) is 0 Å². The van der Waals surface area contributed by atoms with Gasteiger partial charge in [-0.25, -0.2) is 4.79 Å². The molecule has 0 radical (unpaired) electrons. The molecular formula is C11H20O2. The van der Waals surface area contributed by atoms with Crippen LogP contribution in [0.4, 0.5) is 0 Å². The number of carbonyl (C=O) groups is 1. The topological polar surface area (TPSA) is 26.3 Å². The minimum Gasteiger partial charge on any atom is -0.463 e. The van der Waals surface area contributed by atoms with E-state index in [-0.39, 0.29) is 5.97 Å². The highest BCUT2D eigenvalue weighted by atomic mass is 16.5. The Balaban J connectivity index is 3.67. The summed E-state index contributed by atoms with van der Waals surface area (Å²) in [6.07, 6.45) is 6.21. The normalized spacial score (nSPS) is 11.5. The molecule has 0 aliphatic carbocycles. The molecule has 0 amide bonds. The monoisotopic (exact) mass is 184 g/mol. The molecule has 0 rings (SSSR count). The van der Waals surface area contributed by atoms with Crippen LogP contribution in [0.1, 0.15) is 46.5 Å². The number of rotatable bonds is 6. The second-order valence-corrected chi connectivity index (χ2v) is 3.20. The highest BCUT2D eigenvalue weighted by Gasteiger charge is 1.97. The lowest BCUT2D eigenvalue weighted by Gasteiger charge is -2.00. The second kappa shape index (κ2) is 7.84. The van der Waals surface area contributed by atoms with Crippen LogP contribution in [0.5, 0.6) is 0 Å². The van der Waals surface area contributed by atoms with E-state index >= 15 is 0 Å². The Labute approximate surface area is 81.0 Å². The van der Waals surface area contributed by atoms with E-state index in [1.54, 1.807) is 6.08 Å². The van der Waals surface area contributed by atoms with Crippen molar-refractivity contribution in [3.05, 3.63) is 11.6 Å². The van der Waals surface area contributed by atoms with E-state index in [9.17, 15) is 4.79 Å². The van der Waals surface area contributed by atoms with E-state index in [4.69, 9.17) is 4.74 Å². The molecule has 0 atom stereocenters. The van der Waals surface area contributed by atoms with Gasteiger partial charge in [-0.05, 0) is 26.7 Å². The molecule has 0 aliphatic heterocycles. The third-order valence-electron chi connectivity index (χ3n) is 1.83. The fourth-order valence-corrected chi connectivity index (χ4v) is 1.11. The first-order chi connectivity index (χ1) is 6.20. The zero-order chi connectivity index (χ0) is 10.1. The zero-order valence-corrected chi connectivity index (χ0v) is 8.93. The minimum absolute atomic E-state index is 0.212. The number of esters is 1. The molecule has 0 spiro atoms. The van der Waals surface area contributed by atoms with E-state index in [1.165, 1.54) is 12.8 Å². The Kier molecular flexibility index (Phi) is 7.36. The quantitative estimate of drug-likeness (QED) is 0.360.